The maximum absolute atomic E-state index is 13.2. The highest BCUT2D eigenvalue weighted by atomic mass is 16.2. The second kappa shape index (κ2) is 7.24. The molecule has 0 aromatic heterocycles. The summed E-state index contributed by atoms with van der Waals surface area (Å²) < 4.78 is 0. The zero-order chi connectivity index (χ0) is 19.8. The number of nitrogens with zero attached hydrogens (tertiary/aromatic N) is 3. The smallest absolute Gasteiger partial charge is 0.243 e. The van der Waals surface area contributed by atoms with Gasteiger partial charge in [0.15, 0.2) is 0 Å². The van der Waals surface area contributed by atoms with Crippen molar-refractivity contribution >= 4 is 11.8 Å². The van der Waals surface area contributed by atoms with Crippen LogP contribution in [0.5, 0.6) is 0 Å². The predicted molar refractivity (Wildman–Crippen MR) is 106 cm³/mol. The molecule has 1 aromatic carbocycles. The maximum atomic E-state index is 13.2. The molecule has 1 aliphatic carbocycles. The zero-order valence-corrected chi connectivity index (χ0v) is 16.7. The molecule has 5 nitrogen and oxygen atoms in total. The number of nitriles is 1. The van der Waals surface area contributed by atoms with Crippen molar-refractivity contribution in [2.24, 2.45) is 10.8 Å². The lowest BCUT2D eigenvalue weighted by molar-refractivity contribution is -0.146. The predicted octanol–water partition coefficient (Wildman–Crippen LogP) is 3.42. The van der Waals surface area contributed by atoms with Crippen LogP contribution < -0.4 is 0 Å². The van der Waals surface area contributed by atoms with E-state index in [2.05, 4.69) is 31.2 Å². The number of hydrogen-bond acceptors (Lipinski definition) is 3. The van der Waals surface area contributed by atoms with Gasteiger partial charge in [0.1, 0.15) is 5.41 Å². The van der Waals surface area contributed by atoms with E-state index in [0.717, 1.165) is 38.6 Å². The van der Waals surface area contributed by atoms with Crippen molar-refractivity contribution in [1.29, 1.82) is 5.26 Å². The molecule has 2 amide bonds. The van der Waals surface area contributed by atoms with E-state index in [1.807, 2.05) is 15.9 Å². The van der Waals surface area contributed by atoms with Gasteiger partial charge in [-0.15, -0.1) is 0 Å². The highest BCUT2D eigenvalue weighted by Gasteiger charge is 2.51. The van der Waals surface area contributed by atoms with Gasteiger partial charge in [-0.05, 0) is 44.6 Å². The summed E-state index contributed by atoms with van der Waals surface area (Å²) in [5.41, 5.74) is 1.27. The van der Waals surface area contributed by atoms with Crippen molar-refractivity contribution in [2.45, 2.75) is 58.4 Å². The van der Waals surface area contributed by atoms with Crippen LogP contribution >= 0.6 is 0 Å². The number of hydrogen-bond donors (Lipinski definition) is 0. The molecule has 148 valence electrons. The molecule has 3 aliphatic rings. The van der Waals surface area contributed by atoms with Gasteiger partial charge in [0, 0.05) is 26.2 Å². The SMILES string of the molecule is Cc1cccc(CN2CCC3(CCN(C(=O)C4(C#N)CCCC4)CC3)C2=O)c1. The largest absolute Gasteiger partial charge is 0.341 e. The van der Waals surface area contributed by atoms with Crippen molar-refractivity contribution in [2.75, 3.05) is 19.6 Å². The van der Waals surface area contributed by atoms with E-state index < -0.39 is 5.41 Å². The molecule has 0 unspecified atom stereocenters. The highest BCUT2D eigenvalue weighted by Crippen LogP contribution is 2.44. The van der Waals surface area contributed by atoms with Gasteiger partial charge < -0.3 is 9.80 Å². The molecule has 28 heavy (non-hydrogen) atoms. The van der Waals surface area contributed by atoms with Gasteiger partial charge in [0.05, 0.1) is 11.5 Å². The Kier molecular flexibility index (Phi) is 4.91. The monoisotopic (exact) mass is 379 g/mol. The van der Waals surface area contributed by atoms with Crippen molar-refractivity contribution in [3.05, 3.63) is 35.4 Å². The van der Waals surface area contributed by atoms with Gasteiger partial charge >= 0.3 is 0 Å². The molecule has 4 rings (SSSR count). The lowest BCUT2D eigenvalue weighted by Gasteiger charge is -2.40. The molecule has 0 atom stereocenters. The normalized spacial score (nSPS) is 23.2. The maximum Gasteiger partial charge on any atom is 0.243 e. The molecule has 5 heteroatoms. The van der Waals surface area contributed by atoms with Crippen molar-refractivity contribution in [3.8, 4) is 6.07 Å². The Morgan fingerprint density at radius 2 is 1.79 bits per heavy atom. The van der Waals surface area contributed by atoms with Crippen LogP contribution in [-0.2, 0) is 16.1 Å². The minimum atomic E-state index is -0.804. The van der Waals surface area contributed by atoms with Gasteiger partial charge in [0.25, 0.3) is 0 Å². The fourth-order valence-electron chi connectivity index (χ4n) is 5.33. The zero-order valence-electron chi connectivity index (χ0n) is 16.7. The fourth-order valence-corrected chi connectivity index (χ4v) is 5.33. The molecule has 0 bridgehead atoms. The van der Waals surface area contributed by atoms with E-state index in [4.69, 9.17) is 0 Å². The fraction of sp³-hybridized carbons (Fsp3) is 0.609. The van der Waals surface area contributed by atoms with Crippen LogP contribution in [0.4, 0.5) is 0 Å². The van der Waals surface area contributed by atoms with Crippen LogP contribution in [0.3, 0.4) is 0 Å². The summed E-state index contributed by atoms with van der Waals surface area (Å²) in [4.78, 5) is 30.0. The van der Waals surface area contributed by atoms with E-state index in [9.17, 15) is 14.9 Å². The van der Waals surface area contributed by atoms with E-state index in [-0.39, 0.29) is 17.2 Å². The van der Waals surface area contributed by atoms with Crippen molar-refractivity contribution < 1.29 is 9.59 Å². The summed E-state index contributed by atoms with van der Waals surface area (Å²) in [6.45, 7) is 4.74. The first-order valence-electron chi connectivity index (χ1n) is 10.5. The summed E-state index contributed by atoms with van der Waals surface area (Å²) in [7, 11) is 0. The Hall–Kier alpha value is -2.35. The molecule has 0 N–H and O–H groups in total. The number of rotatable bonds is 3. The molecule has 2 aliphatic heterocycles. The Labute approximate surface area is 167 Å². The molecule has 1 saturated carbocycles. The van der Waals surface area contributed by atoms with Gasteiger partial charge in [-0.1, -0.05) is 42.7 Å². The standard InChI is InChI=1S/C23H29N3O2/c1-18-5-4-6-19(15-18)16-26-14-11-22(20(26)27)9-12-25(13-10-22)21(28)23(17-24)7-2-3-8-23/h4-6,15H,2-3,7-14,16H2,1H3. The van der Waals surface area contributed by atoms with Gasteiger partial charge in [0.2, 0.25) is 11.8 Å². The molecule has 3 fully saturated rings. The number of piperidine rings is 1. The number of benzene rings is 1. The third-order valence-electron chi connectivity index (χ3n) is 7.15. The van der Waals surface area contributed by atoms with Crippen LogP contribution in [0.15, 0.2) is 24.3 Å². The third kappa shape index (κ3) is 3.19. The summed E-state index contributed by atoms with van der Waals surface area (Å²) >= 11 is 0. The van der Waals surface area contributed by atoms with Crippen LogP contribution in [0.2, 0.25) is 0 Å². The minimum absolute atomic E-state index is 0.00409. The number of carbonyl (C=O) groups excluding carboxylic acids is 2. The number of aryl methyl sites for hydroxylation is 1. The second-order valence-electron chi connectivity index (χ2n) is 8.94. The highest BCUT2D eigenvalue weighted by molar-refractivity contribution is 5.87. The van der Waals surface area contributed by atoms with E-state index in [1.54, 1.807) is 0 Å². The molecule has 2 saturated heterocycles. The Morgan fingerprint density at radius 1 is 1.11 bits per heavy atom. The topological polar surface area (TPSA) is 64.4 Å². The van der Waals surface area contributed by atoms with Crippen molar-refractivity contribution in [1.82, 2.24) is 9.80 Å². The molecule has 2 heterocycles. The van der Waals surface area contributed by atoms with Gasteiger partial charge in [-0.3, -0.25) is 9.59 Å². The first kappa shape index (κ1) is 19.0. The molecule has 1 aromatic rings. The average molecular weight is 380 g/mol. The Morgan fingerprint density at radius 3 is 2.43 bits per heavy atom. The average Bonchev–Trinajstić information content (AvgIpc) is 3.30. The van der Waals surface area contributed by atoms with Crippen LogP contribution in [0.25, 0.3) is 0 Å². The van der Waals surface area contributed by atoms with Crippen molar-refractivity contribution in [3.63, 3.8) is 0 Å². The first-order chi connectivity index (χ1) is 13.5. The molecular formula is C23H29N3O2. The van der Waals surface area contributed by atoms with E-state index in [1.165, 1.54) is 11.1 Å². The lowest BCUT2D eigenvalue weighted by atomic mass is 9.76. The van der Waals surface area contributed by atoms with Crippen LogP contribution in [0, 0.1) is 29.1 Å². The number of carbonyl (C=O) groups is 2. The van der Waals surface area contributed by atoms with E-state index >= 15 is 0 Å². The Bertz CT molecular complexity index is 811. The van der Waals surface area contributed by atoms with Gasteiger partial charge in [-0.25, -0.2) is 0 Å². The van der Waals surface area contributed by atoms with Crippen LogP contribution in [-0.4, -0.2) is 41.2 Å². The Balaban J connectivity index is 1.39. The first-order valence-corrected chi connectivity index (χ1v) is 10.5. The number of likely N-dealkylation sites (tertiary alicyclic amines) is 2. The third-order valence-corrected chi connectivity index (χ3v) is 7.15. The summed E-state index contributed by atoms with van der Waals surface area (Å²) in [5, 5.41) is 9.60. The quantitative estimate of drug-likeness (QED) is 0.808. The lowest BCUT2D eigenvalue weighted by Crippen LogP contribution is -2.50. The second-order valence-corrected chi connectivity index (χ2v) is 8.94. The van der Waals surface area contributed by atoms with Gasteiger partial charge in [-0.2, -0.15) is 5.26 Å². The number of amides is 2. The summed E-state index contributed by atoms with van der Waals surface area (Å²) in [5.74, 6) is 0.251. The summed E-state index contributed by atoms with van der Waals surface area (Å²) in [6.07, 6.45) is 5.63. The molecule has 0 radical (unpaired) electrons. The minimum Gasteiger partial charge on any atom is -0.341 e. The summed E-state index contributed by atoms with van der Waals surface area (Å²) in [6, 6.07) is 10.6. The molecular weight excluding hydrogens is 350 g/mol. The van der Waals surface area contributed by atoms with E-state index in [0.29, 0.717) is 32.5 Å². The van der Waals surface area contributed by atoms with Crippen LogP contribution in [0.1, 0.15) is 56.1 Å². The molecule has 1 spiro atoms.